The van der Waals surface area contributed by atoms with Gasteiger partial charge in [0, 0.05) is 0 Å². The number of aromatic nitrogens is 1. The zero-order chi connectivity index (χ0) is 18.6. The predicted molar refractivity (Wildman–Crippen MR) is 109 cm³/mol. The van der Waals surface area contributed by atoms with Crippen LogP contribution < -0.4 is 10.9 Å². The number of benzene rings is 2. The maximum Gasteiger partial charge on any atom is 0.279 e. The van der Waals surface area contributed by atoms with Crippen molar-refractivity contribution in [2.45, 2.75) is 6.42 Å². The van der Waals surface area contributed by atoms with Crippen molar-refractivity contribution >= 4 is 44.7 Å². The number of carbonyl (C=O) groups is 2. The maximum absolute atomic E-state index is 12.3. The van der Waals surface area contributed by atoms with Crippen molar-refractivity contribution in [3.8, 4) is 9.88 Å². The van der Waals surface area contributed by atoms with Crippen LogP contribution in [0.5, 0.6) is 0 Å². The van der Waals surface area contributed by atoms with Crippen molar-refractivity contribution in [3.05, 3.63) is 77.2 Å². The number of rotatable bonds is 4. The number of nitrogens with one attached hydrogen (secondary N) is 2. The lowest BCUT2D eigenvalue weighted by molar-refractivity contribution is -0.121. The molecule has 134 valence electrons. The minimum Gasteiger partial charge on any atom is -0.273 e. The second kappa shape index (κ2) is 7.69. The summed E-state index contributed by atoms with van der Waals surface area (Å²) in [6, 6.07) is 20.9. The summed E-state index contributed by atoms with van der Waals surface area (Å²) >= 11 is 2.94. The Labute approximate surface area is 163 Å². The molecule has 0 saturated heterocycles. The van der Waals surface area contributed by atoms with Crippen LogP contribution in [0.15, 0.2) is 66.7 Å². The number of fused-ring (bicyclic) bond motifs is 1. The molecular formula is C20H15N3O2S2. The number of hydrazine groups is 1. The van der Waals surface area contributed by atoms with Crippen molar-refractivity contribution in [1.82, 2.24) is 15.8 Å². The number of hydrogen-bond acceptors (Lipinski definition) is 5. The molecule has 0 saturated carbocycles. The van der Waals surface area contributed by atoms with Gasteiger partial charge in [0.2, 0.25) is 5.91 Å². The molecule has 2 aromatic carbocycles. The van der Waals surface area contributed by atoms with Gasteiger partial charge in [0.05, 0.1) is 26.4 Å². The number of para-hydroxylation sites is 1. The summed E-state index contributed by atoms with van der Waals surface area (Å²) < 4.78 is 1.11. The quantitative estimate of drug-likeness (QED) is 0.514. The third kappa shape index (κ3) is 4.05. The highest BCUT2D eigenvalue weighted by Gasteiger charge is 2.14. The van der Waals surface area contributed by atoms with E-state index in [2.05, 4.69) is 15.8 Å². The monoisotopic (exact) mass is 393 g/mol. The molecule has 0 unspecified atom stereocenters. The van der Waals surface area contributed by atoms with E-state index in [4.69, 9.17) is 0 Å². The van der Waals surface area contributed by atoms with Crippen LogP contribution in [0.1, 0.15) is 15.2 Å². The molecule has 0 spiro atoms. The zero-order valence-electron chi connectivity index (χ0n) is 14.1. The molecule has 2 heterocycles. The van der Waals surface area contributed by atoms with Gasteiger partial charge < -0.3 is 0 Å². The summed E-state index contributed by atoms with van der Waals surface area (Å²) in [6.45, 7) is 0. The lowest BCUT2D eigenvalue weighted by Gasteiger charge is -2.06. The smallest absolute Gasteiger partial charge is 0.273 e. The largest absolute Gasteiger partial charge is 0.279 e. The molecule has 5 nitrogen and oxygen atoms in total. The van der Waals surface area contributed by atoms with Crippen LogP contribution in [0.4, 0.5) is 0 Å². The number of amides is 2. The Bertz CT molecular complexity index is 1070. The van der Waals surface area contributed by atoms with Gasteiger partial charge in [-0.15, -0.1) is 22.7 Å². The molecule has 0 aliphatic rings. The Hall–Kier alpha value is -3.03. The molecule has 4 rings (SSSR count). The van der Waals surface area contributed by atoms with Crippen LogP contribution in [0.25, 0.3) is 20.1 Å². The number of nitrogens with zero attached hydrogens (tertiary/aromatic N) is 1. The molecule has 0 aliphatic heterocycles. The van der Waals surface area contributed by atoms with Crippen molar-refractivity contribution in [2.24, 2.45) is 0 Å². The molecule has 2 N–H and O–H groups in total. The van der Waals surface area contributed by atoms with E-state index in [1.807, 2.05) is 60.7 Å². The van der Waals surface area contributed by atoms with Crippen LogP contribution in [-0.2, 0) is 11.2 Å². The van der Waals surface area contributed by atoms with Crippen LogP contribution in [-0.4, -0.2) is 16.8 Å². The van der Waals surface area contributed by atoms with Gasteiger partial charge in [-0.1, -0.05) is 42.5 Å². The summed E-state index contributed by atoms with van der Waals surface area (Å²) in [5.74, 6) is -0.605. The summed E-state index contributed by atoms with van der Waals surface area (Å²) in [7, 11) is 0. The molecule has 2 aromatic heterocycles. The second-order valence-corrected chi connectivity index (χ2v) is 7.93. The fraction of sp³-hybridized carbons (Fsp3) is 0.0500. The normalized spacial score (nSPS) is 10.7. The van der Waals surface area contributed by atoms with Gasteiger partial charge in [-0.05, 0) is 29.8 Å². The molecule has 7 heteroatoms. The first kappa shape index (κ1) is 17.4. The molecule has 0 bridgehead atoms. The van der Waals surface area contributed by atoms with Gasteiger partial charge in [-0.25, -0.2) is 4.98 Å². The van der Waals surface area contributed by atoms with Crippen LogP contribution in [0.3, 0.4) is 0 Å². The summed E-state index contributed by atoms with van der Waals surface area (Å²) in [5, 5.41) is 0.883. The predicted octanol–water partition coefficient (Wildman–Crippen LogP) is 4.03. The van der Waals surface area contributed by atoms with E-state index in [0.29, 0.717) is 4.88 Å². The fourth-order valence-electron chi connectivity index (χ4n) is 2.57. The highest BCUT2D eigenvalue weighted by molar-refractivity contribution is 7.26. The van der Waals surface area contributed by atoms with Crippen molar-refractivity contribution < 1.29 is 9.59 Å². The maximum atomic E-state index is 12.3. The molecular weight excluding hydrogens is 378 g/mol. The molecule has 2 amide bonds. The van der Waals surface area contributed by atoms with Crippen LogP contribution >= 0.6 is 22.7 Å². The first-order valence-electron chi connectivity index (χ1n) is 8.28. The summed E-state index contributed by atoms with van der Waals surface area (Å²) in [5.41, 5.74) is 6.76. The van der Waals surface area contributed by atoms with Gasteiger partial charge in [0.15, 0.2) is 0 Å². The highest BCUT2D eigenvalue weighted by atomic mass is 32.1. The Balaban J connectivity index is 1.39. The average Bonchev–Trinajstić information content (AvgIpc) is 3.33. The lowest BCUT2D eigenvalue weighted by atomic mass is 10.1. The topological polar surface area (TPSA) is 71.1 Å². The lowest BCUT2D eigenvalue weighted by Crippen LogP contribution is -2.42. The van der Waals surface area contributed by atoms with Gasteiger partial charge in [-0.3, -0.25) is 20.4 Å². The Morgan fingerprint density at radius 1 is 0.852 bits per heavy atom. The van der Waals surface area contributed by atoms with E-state index < -0.39 is 0 Å². The standard InChI is InChI=1S/C20H15N3O2S2/c24-18(12-13-6-2-1-3-7-13)22-23-19(25)16-10-11-17(26-16)20-21-14-8-4-5-9-15(14)27-20/h1-11H,12H2,(H,22,24)(H,23,25). The Morgan fingerprint density at radius 2 is 1.63 bits per heavy atom. The van der Waals surface area contributed by atoms with Gasteiger partial charge in [0.25, 0.3) is 5.91 Å². The van der Waals surface area contributed by atoms with Crippen molar-refractivity contribution in [2.75, 3.05) is 0 Å². The Morgan fingerprint density at radius 3 is 2.44 bits per heavy atom. The van der Waals surface area contributed by atoms with Crippen molar-refractivity contribution in [3.63, 3.8) is 0 Å². The van der Waals surface area contributed by atoms with E-state index in [1.54, 1.807) is 17.4 Å². The van der Waals surface area contributed by atoms with Crippen LogP contribution in [0, 0.1) is 0 Å². The number of carbonyl (C=O) groups excluding carboxylic acids is 2. The minimum absolute atomic E-state index is 0.211. The van der Waals surface area contributed by atoms with E-state index in [0.717, 1.165) is 25.7 Å². The molecule has 0 atom stereocenters. The molecule has 0 fully saturated rings. The molecule has 0 aliphatic carbocycles. The van der Waals surface area contributed by atoms with E-state index in [1.165, 1.54) is 11.3 Å². The van der Waals surface area contributed by atoms with E-state index in [-0.39, 0.29) is 18.2 Å². The second-order valence-electron chi connectivity index (χ2n) is 5.82. The molecule has 4 aromatic rings. The van der Waals surface area contributed by atoms with Gasteiger partial charge in [0.1, 0.15) is 5.01 Å². The van der Waals surface area contributed by atoms with Crippen molar-refractivity contribution in [1.29, 1.82) is 0 Å². The highest BCUT2D eigenvalue weighted by Crippen LogP contribution is 2.34. The van der Waals surface area contributed by atoms with Gasteiger partial charge in [-0.2, -0.15) is 0 Å². The number of thiophene rings is 1. The number of hydrogen-bond donors (Lipinski definition) is 2. The Kier molecular flexibility index (Phi) is 4.95. The minimum atomic E-state index is -0.339. The third-order valence-corrected chi connectivity index (χ3v) is 6.15. The molecule has 27 heavy (non-hydrogen) atoms. The van der Waals surface area contributed by atoms with E-state index in [9.17, 15) is 9.59 Å². The SMILES string of the molecule is O=C(Cc1ccccc1)NNC(=O)c1ccc(-c2nc3ccccc3s2)s1. The number of thiazole rings is 1. The first-order chi connectivity index (χ1) is 13.2. The van der Waals surface area contributed by atoms with Gasteiger partial charge >= 0.3 is 0 Å². The van der Waals surface area contributed by atoms with E-state index >= 15 is 0 Å². The van der Waals surface area contributed by atoms with Crippen LogP contribution in [0.2, 0.25) is 0 Å². The zero-order valence-corrected chi connectivity index (χ0v) is 15.8. The third-order valence-electron chi connectivity index (χ3n) is 3.86. The molecule has 0 radical (unpaired) electrons. The summed E-state index contributed by atoms with van der Waals surface area (Å²) in [4.78, 5) is 30.3. The average molecular weight is 393 g/mol. The summed E-state index contributed by atoms with van der Waals surface area (Å²) in [6.07, 6.45) is 0.211. The first-order valence-corrected chi connectivity index (χ1v) is 9.91. The fourth-order valence-corrected chi connectivity index (χ4v) is 4.49.